The van der Waals surface area contributed by atoms with Crippen LogP contribution in [0, 0.1) is 0 Å². The van der Waals surface area contributed by atoms with Gasteiger partial charge in [0.1, 0.15) is 0 Å². The number of hydrogen-bond acceptors (Lipinski definition) is 2. The summed E-state index contributed by atoms with van der Waals surface area (Å²) >= 11 is 0. The first-order chi connectivity index (χ1) is 2.77. The molecule has 0 aromatic heterocycles. The van der Waals surface area contributed by atoms with Crippen molar-refractivity contribution in [1.82, 2.24) is 0 Å². The zero-order valence-electron chi connectivity index (χ0n) is 3.56. The van der Waals surface area contributed by atoms with E-state index in [-0.39, 0.29) is 0 Å². The fourth-order valence-corrected chi connectivity index (χ4v) is 0.0929. The highest BCUT2D eigenvalue weighted by Crippen LogP contribution is 1.70. The van der Waals surface area contributed by atoms with Gasteiger partial charge in [0.15, 0.2) is 0 Å². The van der Waals surface area contributed by atoms with E-state index in [4.69, 9.17) is 5.73 Å². The van der Waals surface area contributed by atoms with Gasteiger partial charge in [-0.1, -0.05) is 0 Å². The van der Waals surface area contributed by atoms with Gasteiger partial charge in [0, 0.05) is 11.8 Å². The first-order valence-corrected chi connectivity index (χ1v) is 1.57. The molecule has 2 N–H and O–H groups in total. The Hall–Kier alpha value is -0.790. The minimum absolute atomic E-state index is 0.491. The summed E-state index contributed by atoms with van der Waals surface area (Å²) in [4.78, 5) is 9.33. The van der Waals surface area contributed by atoms with Gasteiger partial charge in [0.2, 0.25) is 6.29 Å². The molecule has 0 aromatic carbocycles. The van der Waals surface area contributed by atoms with Crippen molar-refractivity contribution in [1.29, 1.82) is 0 Å². The van der Waals surface area contributed by atoms with E-state index in [1.807, 2.05) is 0 Å². The quantitative estimate of drug-likeness (QED) is 0.453. The van der Waals surface area contributed by atoms with Crippen LogP contribution in [0.2, 0.25) is 0 Å². The maximum Gasteiger partial charge on any atom is 0.227 e. The van der Waals surface area contributed by atoms with Gasteiger partial charge in [-0.15, -0.1) is 0 Å². The standard InChI is InChI=1S/C4H6NO/c1-4(5)2-3-6/h2H,5H2,1H3. The molecule has 0 aliphatic carbocycles. The minimum atomic E-state index is 0.491. The molecule has 33 valence electrons. The van der Waals surface area contributed by atoms with Gasteiger partial charge in [-0.3, -0.25) is 4.79 Å². The lowest BCUT2D eigenvalue weighted by Gasteiger charge is -1.75. The van der Waals surface area contributed by atoms with Gasteiger partial charge in [0.05, 0.1) is 0 Å². The predicted molar refractivity (Wildman–Crippen MR) is 23.6 cm³/mol. The van der Waals surface area contributed by atoms with E-state index in [2.05, 4.69) is 0 Å². The summed E-state index contributed by atoms with van der Waals surface area (Å²) < 4.78 is 0. The van der Waals surface area contributed by atoms with E-state index in [1.165, 1.54) is 12.4 Å². The van der Waals surface area contributed by atoms with Crippen LogP contribution in [0.1, 0.15) is 6.92 Å². The van der Waals surface area contributed by atoms with Crippen molar-refractivity contribution in [3.05, 3.63) is 11.8 Å². The average molecular weight is 84.1 g/mol. The second-order valence-electron chi connectivity index (χ2n) is 1.01. The summed E-state index contributed by atoms with van der Waals surface area (Å²) in [5.74, 6) is 0. The number of nitrogens with two attached hydrogens (primary N) is 1. The fourth-order valence-electron chi connectivity index (χ4n) is 0.0929. The fraction of sp³-hybridized carbons (Fsp3) is 0.250. The van der Waals surface area contributed by atoms with Gasteiger partial charge in [-0.05, 0) is 6.92 Å². The summed E-state index contributed by atoms with van der Waals surface area (Å²) in [5.41, 5.74) is 5.49. The van der Waals surface area contributed by atoms with E-state index in [1.54, 1.807) is 6.92 Å². The van der Waals surface area contributed by atoms with Gasteiger partial charge >= 0.3 is 0 Å². The smallest absolute Gasteiger partial charge is 0.227 e. The van der Waals surface area contributed by atoms with Gasteiger partial charge in [0.25, 0.3) is 0 Å². The van der Waals surface area contributed by atoms with Crippen LogP contribution in [-0.2, 0) is 4.79 Å². The predicted octanol–water partition coefficient (Wildman–Crippen LogP) is -0.0414. The monoisotopic (exact) mass is 84.0 g/mol. The van der Waals surface area contributed by atoms with Crippen LogP contribution in [-0.4, -0.2) is 6.29 Å². The van der Waals surface area contributed by atoms with Gasteiger partial charge < -0.3 is 5.73 Å². The Morgan fingerprint density at radius 1 is 2.00 bits per heavy atom. The topological polar surface area (TPSA) is 43.1 Å². The van der Waals surface area contributed by atoms with Crippen LogP contribution in [0.15, 0.2) is 11.8 Å². The van der Waals surface area contributed by atoms with Crippen LogP contribution in [0.5, 0.6) is 0 Å². The van der Waals surface area contributed by atoms with Gasteiger partial charge in [-0.25, -0.2) is 0 Å². The molecule has 0 bridgehead atoms. The molecule has 0 rings (SSSR count). The second-order valence-corrected chi connectivity index (χ2v) is 1.01. The Balaban J connectivity index is 3.41. The first-order valence-electron chi connectivity index (χ1n) is 1.57. The molecule has 2 nitrogen and oxygen atoms in total. The highest BCUT2D eigenvalue weighted by molar-refractivity contribution is 5.66. The summed E-state index contributed by atoms with van der Waals surface area (Å²) in [6.45, 7) is 1.63. The average Bonchev–Trinajstić information content (AvgIpc) is 1.35. The lowest BCUT2D eigenvalue weighted by Crippen LogP contribution is -1.88. The van der Waals surface area contributed by atoms with Crippen molar-refractivity contribution in [3.8, 4) is 0 Å². The third-order valence-electron chi connectivity index (χ3n) is 0.287. The van der Waals surface area contributed by atoms with E-state index < -0.39 is 0 Å². The first kappa shape index (κ1) is 5.21. The van der Waals surface area contributed by atoms with Crippen molar-refractivity contribution in [2.45, 2.75) is 6.92 Å². The SMILES string of the molecule is CC(N)=C[C]=O. The summed E-state index contributed by atoms with van der Waals surface area (Å²) in [7, 11) is 0. The van der Waals surface area contributed by atoms with Crippen molar-refractivity contribution in [3.63, 3.8) is 0 Å². The molecule has 0 heterocycles. The third-order valence-corrected chi connectivity index (χ3v) is 0.287. The third kappa shape index (κ3) is 3.21. The normalized spacial score (nSPS) is 11.2. The molecule has 1 radical (unpaired) electrons. The highest BCUT2D eigenvalue weighted by atomic mass is 16.1. The Morgan fingerprint density at radius 2 is 2.50 bits per heavy atom. The molecule has 0 atom stereocenters. The minimum Gasteiger partial charge on any atom is -0.402 e. The maximum atomic E-state index is 9.33. The van der Waals surface area contributed by atoms with Crippen LogP contribution < -0.4 is 5.73 Å². The van der Waals surface area contributed by atoms with Crippen molar-refractivity contribution < 1.29 is 4.79 Å². The van der Waals surface area contributed by atoms with Crippen LogP contribution >= 0.6 is 0 Å². The molecule has 0 amide bonds. The molecule has 0 aromatic rings. The number of hydrogen-bond donors (Lipinski definition) is 1. The highest BCUT2D eigenvalue weighted by Gasteiger charge is 1.68. The van der Waals surface area contributed by atoms with E-state index in [0.717, 1.165) is 0 Å². The zero-order chi connectivity index (χ0) is 4.99. The van der Waals surface area contributed by atoms with E-state index >= 15 is 0 Å². The molecule has 0 aliphatic heterocycles. The van der Waals surface area contributed by atoms with E-state index in [9.17, 15) is 4.79 Å². The number of carbonyl (C=O) groups excluding carboxylic acids is 1. The molecule has 0 fully saturated rings. The number of rotatable bonds is 1. The lowest BCUT2D eigenvalue weighted by atomic mass is 10.5. The molecule has 0 aliphatic rings. The summed E-state index contributed by atoms with van der Waals surface area (Å²) in [6, 6.07) is 0. The van der Waals surface area contributed by atoms with Gasteiger partial charge in [-0.2, -0.15) is 0 Å². The molecular weight excluding hydrogens is 78.0 g/mol. The molecule has 0 saturated carbocycles. The van der Waals surface area contributed by atoms with Crippen LogP contribution in [0.4, 0.5) is 0 Å². The summed E-state index contributed by atoms with van der Waals surface area (Å²) in [6.07, 6.45) is 2.71. The summed E-state index contributed by atoms with van der Waals surface area (Å²) in [5, 5.41) is 0. The Kier molecular flexibility index (Phi) is 2.13. The Bertz CT molecular complexity index is 71.6. The van der Waals surface area contributed by atoms with Crippen molar-refractivity contribution >= 4 is 6.29 Å². The zero-order valence-corrected chi connectivity index (χ0v) is 3.56. The lowest BCUT2D eigenvalue weighted by molar-refractivity contribution is 0.564. The molecule has 0 spiro atoms. The molecular formula is C4H6NO. The van der Waals surface area contributed by atoms with Crippen molar-refractivity contribution in [2.24, 2.45) is 5.73 Å². The maximum absolute atomic E-state index is 9.33. The number of allylic oxidation sites excluding steroid dienone is 2. The largest absolute Gasteiger partial charge is 0.402 e. The van der Waals surface area contributed by atoms with Crippen molar-refractivity contribution in [2.75, 3.05) is 0 Å². The Labute approximate surface area is 36.6 Å². The second kappa shape index (κ2) is 2.45. The van der Waals surface area contributed by atoms with E-state index in [0.29, 0.717) is 5.70 Å². The van der Waals surface area contributed by atoms with Crippen LogP contribution in [0.3, 0.4) is 0 Å². The Morgan fingerprint density at radius 3 is 2.50 bits per heavy atom. The molecule has 0 unspecified atom stereocenters. The molecule has 6 heavy (non-hydrogen) atoms. The van der Waals surface area contributed by atoms with Crippen LogP contribution in [0.25, 0.3) is 0 Å². The molecule has 0 saturated heterocycles. The molecule has 2 heteroatoms.